The SMILES string of the molecule is CO/N=C(\C(=O)C[C@@H]1C(=O)N2C(C(=O)O)=C(C[n+]3ccc4c(ccn4Cc4ccc(C(=N)N)cc4F)c3)CS[C@H]12)c1csc(N)n1. The first-order valence-corrected chi connectivity index (χ1v) is 15.8. The van der Waals surface area contributed by atoms with Crippen LogP contribution in [-0.2, 0) is 32.3 Å². The molecule has 236 valence electrons. The summed E-state index contributed by atoms with van der Waals surface area (Å²) in [6.45, 7) is 0.494. The molecule has 13 nitrogen and oxygen atoms in total. The lowest BCUT2D eigenvalue weighted by Crippen LogP contribution is -2.62. The molecule has 4 aromatic rings. The normalized spacial score (nSPS) is 18.0. The fraction of sp³-hybridized carbons (Fsp3) is 0.233. The average Bonchev–Trinajstić information content (AvgIpc) is 3.64. The fourth-order valence-corrected chi connectivity index (χ4v) is 7.59. The van der Waals surface area contributed by atoms with Gasteiger partial charge in [0.05, 0.1) is 28.7 Å². The van der Waals surface area contributed by atoms with Crippen LogP contribution < -0.4 is 16.0 Å². The number of anilines is 1. The molecule has 0 spiro atoms. The van der Waals surface area contributed by atoms with E-state index in [-0.39, 0.29) is 47.6 Å². The van der Waals surface area contributed by atoms with E-state index in [0.717, 1.165) is 22.2 Å². The van der Waals surface area contributed by atoms with Crippen LogP contribution in [0.5, 0.6) is 0 Å². The van der Waals surface area contributed by atoms with Gasteiger partial charge in [-0.25, -0.2) is 18.7 Å². The Morgan fingerprint density at radius 1 is 1.30 bits per heavy atom. The number of nitrogens with zero attached hydrogens (tertiary/aromatic N) is 5. The van der Waals surface area contributed by atoms with Crippen LogP contribution in [-0.4, -0.2) is 67.0 Å². The molecule has 2 aliphatic rings. The number of oxime groups is 1. The molecule has 0 aliphatic carbocycles. The molecule has 2 atom stereocenters. The third-order valence-corrected chi connectivity index (χ3v) is 9.89. The highest BCUT2D eigenvalue weighted by atomic mass is 32.2. The van der Waals surface area contributed by atoms with Crippen molar-refractivity contribution in [3.8, 4) is 0 Å². The molecule has 3 aromatic heterocycles. The van der Waals surface area contributed by atoms with Gasteiger partial charge in [-0.2, -0.15) is 0 Å². The van der Waals surface area contributed by atoms with E-state index in [1.54, 1.807) is 23.7 Å². The second-order valence-electron chi connectivity index (χ2n) is 10.7. The third-order valence-electron chi connectivity index (χ3n) is 7.82. The number of fused-ring (bicyclic) bond motifs is 2. The minimum absolute atomic E-state index is 0.0474. The van der Waals surface area contributed by atoms with Crippen molar-refractivity contribution >= 4 is 68.3 Å². The molecule has 2 aliphatic heterocycles. The zero-order chi connectivity index (χ0) is 32.7. The number of aliphatic carboxylic acids is 1. The monoisotopic (exact) mass is 663 g/mol. The first-order chi connectivity index (χ1) is 22.0. The van der Waals surface area contributed by atoms with Crippen LogP contribution in [0, 0.1) is 17.1 Å². The van der Waals surface area contributed by atoms with E-state index >= 15 is 0 Å². The molecule has 6 N–H and O–H groups in total. The Kier molecular flexibility index (Phi) is 8.31. The van der Waals surface area contributed by atoms with Crippen molar-refractivity contribution in [2.75, 3.05) is 18.6 Å². The molecule has 0 bridgehead atoms. The van der Waals surface area contributed by atoms with Gasteiger partial charge in [0, 0.05) is 46.5 Å². The van der Waals surface area contributed by atoms with Crippen LogP contribution in [0.25, 0.3) is 10.9 Å². The van der Waals surface area contributed by atoms with Crippen molar-refractivity contribution < 1.29 is 33.3 Å². The van der Waals surface area contributed by atoms with Gasteiger partial charge in [0.25, 0.3) is 0 Å². The van der Waals surface area contributed by atoms with E-state index in [4.69, 9.17) is 21.7 Å². The summed E-state index contributed by atoms with van der Waals surface area (Å²) in [5.74, 6) is -3.16. The molecule has 0 saturated carbocycles. The van der Waals surface area contributed by atoms with Gasteiger partial charge >= 0.3 is 5.97 Å². The maximum absolute atomic E-state index is 14.7. The number of carbonyl (C=O) groups is 3. The van der Waals surface area contributed by atoms with Gasteiger partial charge in [-0.1, -0.05) is 17.3 Å². The number of halogens is 1. The lowest BCUT2D eigenvalue weighted by atomic mass is 9.89. The first-order valence-electron chi connectivity index (χ1n) is 13.9. The molecule has 1 saturated heterocycles. The highest BCUT2D eigenvalue weighted by molar-refractivity contribution is 8.00. The summed E-state index contributed by atoms with van der Waals surface area (Å²) in [7, 11) is 1.30. The number of benzene rings is 1. The molecule has 0 radical (unpaired) electrons. The minimum Gasteiger partial charge on any atom is -0.477 e. The van der Waals surface area contributed by atoms with Crippen LogP contribution >= 0.6 is 23.1 Å². The van der Waals surface area contributed by atoms with Gasteiger partial charge in [0.15, 0.2) is 35.6 Å². The zero-order valence-electron chi connectivity index (χ0n) is 24.3. The van der Waals surface area contributed by atoms with Crippen molar-refractivity contribution in [3.05, 3.63) is 88.2 Å². The highest BCUT2D eigenvalue weighted by Gasteiger charge is 2.54. The summed E-state index contributed by atoms with van der Waals surface area (Å²) in [6.07, 6.45) is 5.33. The summed E-state index contributed by atoms with van der Waals surface area (Å²) in [5, 5.41) is 23.6. The Hall–Kier alpha value is -5.09. The van der Waals surface area contributed by atoms with Crippen LogP contribution in [0.4, 0.5) is 9.52 Å². The standard InChI is InChI=1S/C30H27FN8O5S2/c1-44-36-24(21-14-46-30(34)35-21)23(40)9-19-27(41)39-25(29(42)43)18(13-45-28(19)39)11-37-6-5-22-17(10-37)4-7-38(22)12-16-3-2-15(26(32)33)8-20(16)31/h2-8,10,14,19,28H,9,11-13H2,1H3,(H5-,32,33,34,35,42,43)/p+1/b36-24-/t19-,28-/m1/s1. The number of Topliss-reactive ketones (excluding diaryl/α,β-unsaturated/α-hetero) is 1. The van der Waals surface area contributed by atoms with Gasteiger partial charge in [0.1, 0.15) is 30.2 Å². The maximum atomic E-state index is 14.7. The summed E-state index contributed by atoms with van der Waals surface area (Å²) < 4.78 is 18.4. The number of hydrogen-bond acceptors (Lipinski definition) is 10. The number of carboxylic acids is 1. The number of nitrogens with one attached hydrogen (secondary N) is 1. The number of thioether (sulfide) groups is 1. The number of carbonyl (C=O) groups excluding carboxylic acids is 2. The quantitative estimate of drug-likeness (QED) is 0.0613. The Balaban J connectivity index is 1.18. The summed E-state index contributed by atoms with van der Waals surface area (Å²) >= 11 is 2.55. The lowest BCUT2D eigenvalue weighted by molar-refractivity contribution is -0.687. The van der Waals surface area contributed by atoms with E-state index in [9.17, 15) is 23.9 Å². The molecule has 16 heteroatoms. The van der Waals surface area contributed by atoms with Crippen molar-refractivity contribution in [2.45, 2.75) is 24.9 Å². The number of nitrogens with two attached hydrogens (primary N) is 2. The number of hydrogen-bond donors (Lipinski definition) is 4. The highest BCUT2D eigenvalue weighted by Crippen LogP contribution is 2.45. The molecule has 1 aromatic carbocycles. The van der Waals surface area contributed by atoms with E-state index < -0.39 is 34.8 Å². The summed E-state index contributed by atoms with van der Waals surface area (Å²) in [4.78, 5) is 49.0. The van der Waals surface area contributed by atoms with Crippen LogP contribution in [0.2, 0.25) is 0 Å². The van der Waals surface area contributed by atoms with E-state index in [0.29, 0.717) is 22.5 Å². The number of amides is 1. The van der Waals surface area contributed by atoms with Crippen molar-refractivity contribution in [1.82, 2.24) is 14.5 Å². The molecule has 6 rings (SSSR count). The maximum Gasteiger partial charge on any atom is 0.352 e. The second kappa shape index (κ2) is 12.4. The molecule has 0 unspecified atom stereocenters. The Morgan fingerprint density at radius 3 is 2.78 bits per heavy atom. The van der Waals surface area contributed by atoms with Gasteiger partial charge in [-0.05, 0) is 12.1 Å². The van der Waals surface area contributed by atoms with Crippen molar-refractivity contribution in [1.29, 1.82) is 5.41 Å². The predicted molar refractivity (Wildman–Crippen MR) is 170 cm³/mol. The number of β-lactam (4-membered cyclic amide) rings is 1. The molecular formula is C30H28FN8O5S2+. The number of thiazole rings is 1. The van der Waals surface area contributed by atoms with Gasteiger partial charge in [-0.15, -0.1) is 23.1 Å². The smallest absolute Gasteiger partial charge is 0.352 e. The van der Waals surface area contributed by atoms with Crippen molar-refractivity contribution in [2.24, 2.45) is 16.8 Å². The number of pyridine rings is 1. The van der Waals surface area contributed by atoms with Crippen LogP contribution in [0.15, 0.2) is 70.7 Å². The average molecular weight is 664 g/mol. The number of rotatable bonds is 11. The summed E-state index contributed by atoms with van der Waals surface area (Å²) in [5.41, 5.74) is 13.4. The number of nitrogen functional groups attached to an aromatic ring is 2. The molecule has 46 heavy (non-hydrogen) atoms. The first kappa shape index (κ1) is 30.9. The predicted octanol–water partition coefficient (Wildman–Crippen LogP) is 2.32. The minimum atomic E-state index is -1.22. The van der Waals surface area contributed by atoms with E-state index in [1.807, 2.05) is 33.7 Å². The summed E-state index contributed by atoms with van der Waals surface area (Å²) in [6, 6.07) is 8.20. The van der Waals surface area contributed by atoms with E-state index in [1.165, 1.54) is 29.8 Å². The Morgan fingerprint density at radius 2 is 2.11 bits per heavy atom. The molecule has 1 fully saturated rings. The van der Waals surface area contributed by atoms with Gasteiger partial charge in [0.2, 0.25) is 5.91 Å². The Labute approximate surface area is 269 Å². The zero-order valence-corrected chi connectivity index (χ0v) is 26.0. The molecule has 1 amide bonds. The number of aromatic nitrogens is 3. The van der Waals surface area contributed by atoms with Crippen LogP contribution in [0.1, 0.15) is 23.2 Å². The van der Waals surface area contributed by atoms with Gasteiger partial charge < -0.3 is 26.0 Å². The fourth-order valence-electron chi connectivity index (χ4n) is 5.64. The largest absolute Gasteiger partial charge is 0.477 e. The lowest BCUT2D eigenvalue weighted by Gasteiger charge is -2.49. The van der Waals surface area contributed by atoms with Gasteiger partial charge in [-0.3, -0.25) is 19.9 Å². The number of amidine groups is 1. The topological polar surface area (TPSA) is 194 Å². The van der Waals surface area contributed by atoms with Crippen LogP contribution in [0.3, 0.4) is 0 Å². The molecule has 5 heterocycles. The number of carboxylic acid groups (broad SMARTS) is 1. The third kappa shape index (κ3) is 5.72. The van der Waals surface area contributed by atoms with E-state index in [2.05, 4.69) is 10.1 Å². The number of ketones is 1. The second-order valence-corrected chi connectivity index (χ2v) is 12.7. The van der Waals surface area contributed by atoms with Crippen molar-refractivity contribution in [3.63, 3.8) is 0 Å². The Bertz CT molecular complexity index is 1990. The molecular weight excluding hydrogens is 636 g/mol.